The van der Waals surface area contributed by atoms with Gasteiger partial charge in [0.05, 0.1) is 16.6 Å². The summed E-state index contributed by atoms with van der Waals surface area (Å²) in [4.78, 5) is 4.89. The number of hydrogen-bond donors (Lipinski definition) is 1. The lowest BCUT2D eigenvalue weighted by atomic mass is 9.90. The average Bonchev–Trinajstić information content (AvgIpc) is 2.68. The molecule has 0 spiro atoms. The Kier molecular flexibility index (Phi) is 3.98. The molecule has 1 saturated carbocycles. The van der Waals surface area contributed by atoms with Crippen LogP contribution in [0, 0.1) is 0 Å². The van der Waals surface area contributed by atoms with Crippen LogP contribution in [0.2, 0.25) is 5.02 Å². The Bertz CT molecular complexity index is 637. The quantitative estimate of drug-likeness (QED) is 0.811. The number of hydrogen-bond acceptors (Lipinski definition) is 2. The van der Waals surface area contributed by atoms with Crippen molar-refractivity contribution in [1.29, 1.82) is 0 Å². The molecule has 1 aliphatic carbocycles. The fraction of sp³-hybridized carbons (Fsp3) is 0.588. The lowest BCUT2D eigenvalue weighted by Gasteiger charge is -2.29. The molecule has 0 unspecified atom stereocenters. The Morgan fingerprint density at radius 2 is 1.86 bits per heavy atom. The molecule has 1 fully saturated rings. The van der Waals surface area contributed by atoms with Crippen molar-refractivity contribution in [3.63, 3.8) is 0 Å². The van der Waals surface area contributed by atoms with Gasteiger partial charge in [0.25, 0.3) is 0 Å². The van der Waals surface area contributed by atoms with Gasteiger partial charge in [0.2, 0.25) is 0 Å². The molecule has 1 heterocycles. The standard InChI is InChI=1S/C17H24ClN3/c1-12(2)21-15-11-13(18)7-8-14(15)20-16(21)17(19)9-5-3-4-6-10-17/h7-8,11-12H,3-6,9-10,19H2,1-2H3. The van der Waals surface area contributed by atoms with Crippen LogP contribution >= 0.6 is 11.6 Å². The van der Waals surface area contributed by atoms with Gasteiger partial charge in [0, 0.05) is 11.1 Å². The van der Waals surface area contributed by atoms with Crippen LogP contribution in [-0.4, -0.2) is 9.55 Å². The summed E-state index contributed by atoms with van der Waals surface area (Å²) in [6.45, 7) is 4.37. The number of rotatable bonds is 2. The van der Waals surface area contributed by atoms with Crippen molar-refractivity contribution in [2.75, 3.05) is 0 Å². The van der Waals surface area contributed by atoms with E-state index in [1.807, 2.05) is 18.2 Å². The molecule has 2 N–H and O–H groups in total. The van der Waals surface area contributed by atoms with Crippen LogP contribution in [0.4, 0.5) is 0 Å². The van der Waals surface area contributed by atoms with Crippen molar-refractivity contribution >= 4 is 22.6 Å². The van der Waals surface area contributed by atoms with Gasteiger partial charge in [-0.2, -0.15) is 0 Å². The minimum Gasteiger partial charge on any atom is -0.324 e. The highest BCUT2D eigenvalue weighted by Crippen LogP contribution is 2.36. The zero-order valence-electron chi connectivity index (χ0n) is 12.9. The van der Waals surface area contributed by atoms with E-state index in [1.54, 1.807) is 0 Å². The van der Waals surface area contributed by atoms with Crippen molar-refractivity contribution in [3.05, 3.63) is 29.0 Å². The fourth-order valence-corrected chi connectivity index (χ4v) is 3.69. The number of fused-ring (bicyclic) bond motifs is 1. The van der Waals surface area contributed by atoms with Crippen molar-refractivity contribution in [2.24, 2.45) is 5.73 Å². The highest BCUT2D eigenvalue weighted by atomic mass is 35.5. The number of halogens is 1. The van der Waals surface area contributed by atoms with Crippen LogP contribution in [0.1, 0.15) is 64.2 Å². The molecular weight excluding hydrogens is 282 g/mol. The van der Waals surface area contributed by atoms with Gasteiger partial charge in [-0.05, 0) is 44.9 Å². The first-order chi connectivity index (χ1) is 10.0. The molecule has 114 valence electrons. The first kappa shape index (κ1) is 14.9. The summed E-state index contributed by atoms with van der Waals surface area (Å²) < 4.78 is 2.28. The van der Waals surface area contributed by atoms with Gasteiger partial charge in [0.15, 0.2) is 0 Å². The summed E-state index contributed by atoms with van der Waals surface area (Å²) in [5.74, 6) is 1.04. The first-order valence-electron chi connectivity index (χ1n) is 7.98. The van der Waals surface area contributed by atoms with E-state index in [1.165, 1.54) is 25.7 Å². The Hall–Kier alpha value is -1.06. The monoisotopic (exact) mass is 305 g/mol. The largest absolute Gasteiger partial charge is 0.324 e. The molecule has 3 nitrogen and oxygen atoms in total. The summed E-state index contributed by atoms with van der Waals surface area (Å²) in [6.07, 6.45) is 7.00. The second-order valence-electron chi connectivity index (χ2n) is 6.60. The maximum absolute atomic E-state index is 6.80. The third-order valence-electron chi connectivity index (χ3n) is 4.61. The first-order valence-corrected chi connectivity index (χ1v) is 8.36. The molecule has 0 atom stereocenters. The third kappa shape index (κ3) is 2.69. The number of nitrogens with two attached hydrogens (primary N) is 1. The summed E-state index contributed by atoms with van der Waals surface area (Å²) in [5.41, 5.74) is 8.60. The van der Waals surface area contributed by atoms with Gasteiger partial charge < -0.3 is 10.3 Å². The van der Waals surface area contributed by atoms with Crippen molar-refractivity contribution in [1.82, 2.24) is 9.55 Å². The van der Waals surface area contributed by atoms with Crippen LogP contribution < -0.4 is 5.73 Å². The number of imidazole rings is 1. The fourth-order valence-electron chi connectivity index (χ4n) is 3.52. The summed E-state index contributed by atoms with van der Waals surface area (Å²) in [7, 11) is 0. The number of benzene rings is 1. The van der Waals surface area contributed by atoms with Gasteiger partial charge in [-0.1, -0.05) is 37.3 Å². The van der Waals surface area contributed by atoms with Crippen LogP contribution in [0.15, 0.2) is 18.2 Å². The van der Waals surface area contributed by atoms with Crippen molar-refractivity contribution in [3.8, 4) is 0 Å². The molecule has 0 aliphatic heterocycles. The van der Waals surface area contributed by atoms with Gasteiger partial charge in [-0.15, -0.1) is 0 Å². The molecule has 1 aromatic heterocycles. The molecule has 2 aromatic rings. The Morgan fingerprint density at radius 1 is 1.19 bits per heavy atom. The molecule has 0 amide bonds. The second kappa shape index (κ2) is 5.62. The SMILES string of the molecule is CC(C)n1c(C2(N)CCCCCC2)nc2ccc(Cl)cc21. The van der Waals surface area contributed by atoms with Crippen LogP contribution in [0.5, 0.6) is 0 Å². The van der Waals surface area contributed by atoms with E-state index in [0.717, 1.165) is 34.7 Å². The van der Waals surface area contributed by atoms with E-state index in [9.17, 15) is 0 Å². The van der Waals surface area contributed by atoms with E-state index in [-0.39, 0.29) is 5.54 Å². The zero-order chi connectivity index (χ0) is 15.0. The summed E-state index contributed by atoms with van der Waals surface area (Å²) in [5, 5.41) is 0.753. The molecule has 4 heteroatoms. The van der Waals surface area contributed by atoms with E-state index in [4.69, 9.17) is 22.3 Å². The predicted octanol–water partition coefficient (Wildman–Crippen LogP) is 4.78. The molecule has 0 bridgehead atoms. The van der Waals surface area contributed by atoms with Gasteiger partial charge >= 0.3 is 0 Å². The molecule has 0 saturated heterocycles. The van der Waals surface area contributed by atoms with Crippen molar-refractivity contribution in [2.45, 2.75) is 64.0 Å². The summed E-state index contributed by atoms with van der Waals surface area (Å²) >= 11 is 6.18. The Balaban J connectivity index is 2.18. The van der Waals surface area contributed by atoms with Gasteiger partial charge in [-0.25, -0.2) is 4.98 Å². The molecular formula is C17H24ClN3. The Labute approximate surface area is 131 Å². The Morgan fingerprint density at radius 3 is 2.48 bits per heavy atom. The molecule has 3 rings (SSSR count). The van der Waals surface area contributed by atoms with E-state index in [2.05, 4.69) is 18.4 Å². The topological polar surface area (TPSA) is 43.8 Å². The third-order valence-corrected chi connectivity index (χ3v) is 4.84. The number of nitrogens with zero attached hydrogens (tertiary/aromatic N) is 2. The normalized spacial score (nSPS) is 19.1. The van der Waals surface area contributed by atoms with Gasteiger partial charge in [-0.3, -0.25) is 0 Å². The molecule has 1 aliphatic rings. The second-order valence-corrected chi connectivity index (χ2v) is 7.04. The minimum atomic E-state index is -0.299. The molecule has 1 aromatic carbocycles. The smallest absolute Gasteiger partial charge is 0.130 e. The predicted molar refractivity (Wildman–Crippen MR) is 88.7 cm³/mol. The van der Waals surface area contributed by atoms with E-state index < -0.39 is 0 Å². The van der Waals surface area contributed by atoms with E-state index in [0.29, 0.717) is 6.04 Å². The van der Waals surface area contributed by atoms with Crippen LogP contribution in [-0.2, 0) is 5.54 Å². The highest BCUT2D eigenvalue weighted by molar-refractivity contribution is 6.31. The number of aromatic nitrogens is 2. The van der Waals surface area contributed by atoms with Crippen LogP contribution in [0.3, 0.4) is 0 Å². The highest BCUT2D eigenvalue weighted by Gasteiger charge is 2.34. The maximum atomic E-state index is 6.80. The maximum Gasteiger partial charge on any atom is 0.130 e. The lowest BCUT2D eigenvalue weighted by molar-refractivity contribution is 0.342. The molecule has 21 heavy (non-hydrogen) atoms. The van der Waals surface area contributed by atoms with Crippen LogP contribution in [0.25, 0.3) is 11.0 Å². The van der Waals surface area contributed by atoms with Gasteiger partial charge in [0.1, 0.15) is 5.82 Å². The van der Waals surface area contributed by atoms with E-state index >= 15 is 0 Å². The zero-order valence-corrected chi connectivity index (χ0v) is 13.7. The minimum absolute atomic E-state index is 0.299. The lowest BCUT2D eigenvalue weighted by Crippen LogP contribution is -2.39. The van der Waals surface area contributed by atoms with Crippen molar-refractivity contribution < 1.29 is 0 Å². The molecule has 0 radical (unpaired) electrons. The summed E-state index contributed by atoms with van der Waals surface area (Å²) in [6, 6.07) is 6.24. The average molecular weight is 306 g/mol.